The van der Waals surface area contributed by atoms with E-state index >= 15 is 0 Å². The van der Waals surface area contributed by atoms with Crippen LogP contribution in [0.5, 0.6) is 0 Å². The number of aliphatic hydroxyl groups excluding tert-OH is 2. The van der Waals surface area contributed by atoms with Crippen LogP contribution in [0.3, 0.4) is 0 Å². The Morgan fingerprint density at radius 2 is 1.45 bits per heavy atom. The molecule has 4 nitrogen and oxygen atoms in total. The molecule has 1 aliphatic rings. The first-order valence-electron chi connectivity index (χ1n) is 10.5. The van der Waals surface area contributed by atoms with Gasteiger partial charge in [0.1, 0.15) is 0 Å². The third-order valence-corrected chi connectivity index (χ3v) is 11.1. The number of likely N-dealkylation sites (tertiary alicyclic amines) is 1. The fourth-order valence-electron chi connectivity index (χ4n) is 3.76. The number of rotatable bonds is 6. The minimum Gasteiger partial charge on any atom is -0.415 e. The van der Waals surface area contributed by atoms with E-state index in [2.05, 4.69) is 63.0 Å². The summed E-state index contributed by atoms with van der Waals surface area (Å²) in [5.41, 5.74) is 2.30. The molecular weight excluding hydrogens is 378 g/mol. The van der Waals surface area contributed by atoms with Crippen molar-refractivity contribution in [3.63, 3.8) is 0 Å². The van der Waals surface area contributed by atoms with Crippen molar-refractivity contribution in [2.45, 2.75) is 63.2 Å². The van der Waals surface area contributed by atoms with E-state index in [4.69, 9.17) is 4.43 Å². The summed E-state index contributed by atoms with van der Waals surface area (Å²) in [6, 6.07) is 20.3. The molecule has 0 amide bonds. The number of hydrogen-bond acceptors (Lipinski definition) is 4. The fraction of sp³-hybridized carbons (Fsp3) is 0.500. The van der Waals surface area contributed by atoms with Gasteiger partial charge < -0.3 is 14.6 Å². The molecule has 3 atom stereocenters. The molecule has 1 saturated heterocycles. The number of β-amino-alcohol motifs (C(OH)–C–C–N with tert-alkyl or cyclic N) is 1. The smallest absolute Gasteiger partial charge is 0.192 e. The van der Waals surface area contributed by atoms with Gasteiger partial charge in [-0.15, -0.1) is 0 Å². The summed E-state index contributed by atoms with van der Waals surface area (Å²) in [4.78, 5) is 2.22. The van der Waals surface area contributed by atoms with Crippen LogP contribution in [-0.2, 0) is 4.43 Å². The second-order valence-corrected chi connectivity index (χ2v) is 14.4. The molecule has 0 aromatic heterocycles. The average Bonchev–Trinajstić information content (AvgIpc) is 2.95. The standard InChI is InChI=1S/C24H35NO3Si/c1-24(2,3)29(4,5)28-17-20-23(27)21(26)16-25(20)22(18-12-8-6-9-13-18)19-14-10-7-11-15-19/h6-15,20-23,26-27H,16-17H2,1-5H3/t20-,21-,23+/m1/s1. The molecule has 0 bridgehead atoms. The lowest BCUT2D eigenvalue weighted by molar-refractivity contribution is 0.0207. The van der Waals surface area contributed by atoms with E-state index in [1.54, 1.807) is 0 Å². The first-order chi connectivity index (χ1) is 13.6. The maximum Gasteiger partial charge on any atom is 0.192 e. The lowest BCUT2D eigenvalue weighted by atomic mass is 9.96. The lowest BCUT2D eigenvalue weighted by Crippen LogP contribution is -2.48. The largest absolute Gasteiger partial charge is 0.415 e. The van der Waals surface area contributed by atoms with Gasteiger partial charge in [-0.2, -0.15) is 0 Å². The summed E-state index contributed by atoms with van der Waals surface area (Å²) in [7, 11) is -1.97. The van der Waals surface area contributed by atoms with Crippen LogP contribution >= 0.6 is 0 Å². The lowest BCUT2D eigenvalue weighted by Gasteiger charge is -2.40. The minimum absolute atomic E-state index is 0.0442. The maximum atomic E-state index is 10.8. The van der Waals surface area contributed by atoms with Crippen LogP contribution < -0.4 is 0 Å². The summed E-state index contributed by atoms with van der Waals surface area (Å²) in [6.07, 6.45) is -1.60. The van der Waals surface area contributed by atoms with Gasteiger partial charge in [-0.05, 0) is 29.3 Å². The topological polar surface area (TPSA) is 52.9 Å². The van der Waals surface area contributed by atoms with Gasteiger partial charge >= 0.3 is 0 Å². The number of hydrogen-bond donors (Lipinski definition) is 2. The first-order valence-corrected chi connectivity index (χ1v) is 13.4. The van der Waals surface area contributed by atoms with Crippen LogP contribution in [0.4, 0.5) is 0 Å². The summed E-state index contributed by atoms with van der Waals surface area (Å²) in [5, 5.41) is 21.4. The summed E-state index contributed by atoms with van der Waals surface area (Å²) < 4.78 is 6.47. The van der Waals surface area contributed by atoms with E-state index in [9.17, 15) is 10.2 Å². The summed E-state index contributed by atoms with van der Waals surface area (Å²) in [6.45, 7) is 11.9. The molecule has 0 spiro atoms. The molecule has 158 valence electrons. The molecule has 2 N–H and O–H groups in total. The Labute approximate surface area is 176 Å². The fourth-order valence-corrected chi connectivity index (χ4v) is 4.78. The molecule has 2 aromatic carbocycles. The Morgan fingerprint density at radius 1 is 0.966 bits per heavy atom. The van der Waals surface area contributed by atoms with Gasteiger partial charge in [0, 0.05) is 6.54 Å². The zero-order chi connectivity index (χ0) is 21.2. The van der Waals surface area contributed by atoms with Crippen molar-refractivity contribution in [2.75, 3.05) is 13.2 Å². The highest BCUT2D eigenvalue weighted by atomic mass is 28.4. The van der Waals surface area contributed by atoms with Crippen molar-refractivity contribution in [1.82, 2.24) is 4.90 Å². The third-order valence-electron chi connectivity index (χ3n) is 6.60. The predicted octanol–water partition coefficient (Wildman–Crippen LogP) is 4.20. The normalized spacial score (nSPS) is 23.7. The Kier molecular flexibility index (Phi) is 6.66. The van der Waals surface area contributed by atoms with Crippen LogP contribution in [0.1, 0.15) is 37.9 Å². The van der Waals surface area contributed by atoms with Gasteiger partial charge in [-0.25, -0.2) is 0 Å². The van der Waals surface area contributed by atoms with E-state index in [1.165, 1.54) is 0 Å². The van der Waals surface area contributed by atoms with Crippen molar-refractivity contribution in [3.8, 4) is 0 Å². The van der Waals surface area contributed by atoms with Crippen molar-refractivity contribution >= 4 is 8.32 Å². The Hall–Kier alpha value is -1.50. The van der Waals surface area contributed by atoms with Gasteiger partial charge in [0.05, 0.1) is 30.9 Å². The zero-order valence-corrected chi connectivity index (χ0v) is 19.2. The highest BCUT2D eigenvalue weighted by molar-refractivity contribution is 6.74. The molecule has 1 heterocycles. The third kappa shape index (κ3) is 4.81. The Bertz CT molecular complexity index is 736. The molecule has 0 saturated carbocycles. The molecule has 3 rings (SSSR count). The first kappa shape index (κ1) is 22.2. The van der Waals surface area contributed by atoms with Gasteiger partial charge in [0.15, 0.2) is 8.32 Å². The second-order valence-electron chi connectivity index (χ2n) is 9.62. The summed E-state index contributed by atoms with van der Waals surface area (Å²) in [5.74, 6) is 0. The number of aliphatic hydroxyl groups is 2. The quantitative estimate of drug-likeness (QED) is 0.697. The van der Waals surface area contributed by atoms with Gasteiger partial charge in [0.2, 0.25) is 0 Å². The molecule has 1 aliphatic heterocycles. The van der Waals surface area contributed by atoms with Crippen LogP contribution in [0.15, 0.2) is 60.7 Å². The van der Waals surface area contributed by atoms with Crippen LogP contribution in [0.2, 0.25) is 18.1 Å². The van der Waals surface area contributed by atoms with Crippen LogP contribution in [0, 0.1) is 0 Å². The van der Waals surface area contributed by atoms with Gasteiger partial charge in [0.25, 0.3) is 0 Å². The average molecular weight is 414 g/mol. The Balaban J connectivity index is 1.93. The molecule has 2 aromatic rings. The summed E-state index contributed by atoms with van der Waals surface area (Å²) >= 11 is 0. The highest BCUT2D eigenvalue weighted by Gasteiger charge is 2.46. The molecule has 1 fully saturated rings. The maximum absolute atomic E-state index is 10.8. The predicted molar refractivity (Wildman–Crippen MR) is 120 cm³/mol. The van der Waals surface area contributed by atoms with Crippen molar-refractivity contribution in [2.24, 2.45) is 0 Å². The van der Waals surface area contributed by atoms with Crippen molar-refractivity contribution in [1.29, 1.82) is 0 Å². The van der Waals surface area contributed by atoms with Crippen LogP contribution in [-0.4, -0.2) is 54.8 Å². The number of benzene rings is 2. The molecule has 5 heteroatoms. The highest BCUT2D eigenvalue weighted by Crippen LogP contribution is 2.39. The minimum atomic E-state index is -1.97. The van der Waals surface area contributed by atoms with Gasteiger partial charge in [-0.1, -0.05) is 81.4 Å². The monoisotopic (exact) mass is 413 g/mol. The molecule has 0 aliphatic carbocycles. The zero-order valence-electron chi connectivity index (χ0n) is 18.2. The van der Waals surface area contributed by atoms with E-state index < -0.39 is 20.5 Å². The molecule has 29 heavy (non-hydrogen) atoms. The van der Waals surface area contributed by atoms with E-state index in [-0.39, 0.29) is 17.1 Å². The van der Waals surface area contributed by atoms with E-state index in [0.717, 1.165) is 11.1 Å². The van der Waals surface area contributed by atoms with E-state index in [0.29, 0.717) is 13.2 Å². The Morgan fingerprint density at radius 3 is 1.90 bits per heavy atom. The van der Waals surface area contributed by atoms with E-state index in [1.807, 2.05) is 36.4 Å². The van der Waals surface area contributed by atoms with Crippen LogP contribution in [0.25, 0.3) is 0 Å². The van der Waals surface area contributed by atoms with Crippen molar-refractivity contribution < 1.29 is 14.6 Å². The molecule has 0 unspecified atom stereocenters. The molecular formula is C24H35NO3Si. The SMILES string of the molecule is CC(C)(C)[Si](C)(C)OC[C@@H]1[C@H](O)[C@H](O)CN1C(c1ccccc1)c1ccccc1. The second kappa shape index (κ2) is 8.70. The van der Waals surface area contributed by atoms with Gasteiger partial charge in [-0.3, -0.25) is 4.90 Å². The van der Waals surface area contributed by atoms with Crippen molar-refractivity contribution in [3.05, 3.63) is 71.8 Å². The number of nitrogens with zero attached hydrogens (tertiary/aromatic N) is 1. The molecule has 0 radical (unpaired) electrons.